The average Bonchev–Trinajstić information content (AvgIpc) is 3.04. The maximum Gasteiger partial charge on any atom is 0.257 e. The quantitative estimate of drug-likeness (QED) is 0.723. The van der Waals surface area contributed by atoms with E-state index < -0.39 is 0 Å². The van der Waals surface area contributed by atoms with Crippen LogP contribution in [0.15, 0.2) is 60.0 Å². The second kappa shape index (κ2) is 7.27. The largest absolute Gasteiger partial charge is 0.491 e. The first-order chi connectivity index (χ1) is 11.6. The maximum atomic E-state index is 12.3. The number of nitrogens with one attached hydrogen (secondary N) is 1. The molecule has 0 aliphatic carbocycles. The summed E-state index contributed by atoms with van der Waals surface area (Å²) in [5.74, 6) is 0.572. The highest BCUT2D eigenvalue weighted by Gasteiger charge is 2.10. The van der Waals surface area contributed by atoms with Gasteiger partial charge in [0.15, 0.2) is 5.13 Å². The van der Waals surface area contributed by atoms with E-state index in [2.05, 4.69) is 10.3 Å². The molecule has 5 heteroatoms. The van der Waals surface area contributed by atoms with Gasteiger partial charge in [0.1, 0.15) is 5.75 Å². The molecule has 0 bridgehead atoms. The van der Waals surface area contributed by atoms with Gasteiger partial charge in [0, 0.05) is 16.5 Å². The molecule has 1 amide bonds. The number of amides is 1. The van der Waals surface area contributed by atoms with Gasteiger partial charge in [0.05, 0.1) is 11.8 Å². The topological polar surface area (TPSA) is 51.2 Å². The Labute approximate surface area is 145 Å². The van der Waals surface area contributed by atoms with E-state index in [1.54, 1.807) is 24.3 Å². The summed E-state index contributed by atoms with van der Waals surface area (Å²) < 4.78 is 5.58. The Morgan fingerprint density at radius 3 is 2.46 bits per heavy atom. The molecule has 0 spiro atoms. The summed E-state index contributed by atoms with van der Waals surface area (Å²) in [6.07, 6.45) is 0.108. The van der Waals surface area contributed by atoms with Gasteiger partial charge in [0.2, 0.25) is 0 Å². The Morgan fingerprint density at radius 1 is 1.08 bits per heavy atom. The molecule has 4 nitrogen and oxygen atoms in total. The fraction of sp³-hybridized carbons (Fsp3) is 0.158. The number of rotatable bonds is 5. The van der Waals surface area contributed by atoms with Crippen molar-refractivity contribution in [2.24, 2.45) is 0 Å². The molecule has 0 unspecified atom stereocenters. The fourth-order valence-corrected chi connectivity index (χ4v) is 2.91. The molecule has 3 aromatic rings. The van der Waals surface area contributed by atoms with Crippen LogP contribution in [-0.2, 0) is 0 Å². The van der Waals surface area contributed by atoms with Gasteiger partial charge in [-0.3, -0.25) is 10.1 Å². The van der Waals surface area contributed by atoms with E-state index in [0.29, 0.717) is 10.7 Å². The highest BCUT2D eigenvalue weighted by Crippen LogP contribution is 2.25. The third kappa shape index (κ3) is 4.00. The molecule has 0 saturated carbocycles. The first-order valence-corrected chi connectivity index (χ1v) is 8.59. The second-order valence-corrected chi connectivity index (χ2v) is 6.41. The number of hydrogen-bond acceptors (Lipinski definition) is 4. The number of nitrogens with zero attached hydrogens (tertiary/aromatic N) is 1. The molecule has 0 aliphatic rings. The Kier molecular flexibility index (Phi) is 4.91. The third-order valence-electron chi connectivity index (χ3n) is 3.28. The zero-order chi connectivity index (χ0) is 16.9. The van der Waals surface area contributed by atoms with Gasteiger partial charge in [0.25, 0.3) is 5.91 Å². The van der Waals surface area contributed by atoms with Crippen molar-refractivity contribution >= 4 is 22.4 Å². The SMILES string of the molecule is CC(C)Oc1ccc(C(=O)Nc2nc(-c3ccccc3)cs2)cc1. The number of hydrogen-bond donors (Lipinski definition) is 1. The number of aromatic nitrogens is 1. The summed E-state index contributed by atoms with van der Waals surface area (Å²) in [7, 11) is 0. The molecule has 122 valence electrons. The van der Waals surface area contributed by atoms with Gasteiger partial charge >= 0.3 is 0 Å². The van der Waals surface area contributed by atoms with Crippen LogP contribution in [0, 0.1) is 0 Å². The summed E-state index contributed by atoms with van der Waals surface area (Å²) in [6.45, 7) is 3.93. The zero-order valence-electron chi connectivity index (χ0n) is 13.5. The van der Waals surface area contributed by atoms with Crippen molar-refractivity contribution < 1.29 is 9.53 Å². The summed E-state index contributed by atoms with van der Waals surface area (Å²) in [6, 6.07) is 17.0. The molecule has 0 fully saturated rings. The van der Waals surface area contributed by atoms with Crippen LogP contribution in [0.4, 0.5) is 5.13 Å². The van der Waals surface area contributed by atoms with Crippen molar-refractivity contribution in [1.29, 1.82) is 0 Å². The standard InChI is InChI=1S/C19H18N2O2S/c1-13(2)23-16-10-8-15(9-11-16)18(22)21-19-20-17(12-24-19)14-6-4-3-5-7-14/h3-13H,1-2H3,(H,20,21,22). The Hall–Kier alpha value is -2.66. The van der Waals surface area contributed by atoms with Crippen LogP contribution in [0.2, 0.25) is 0 Å². The number of carbonyl (C=O) groups excluding carboxylic acids is 1. The van der Waals surface area contributed by atoms with Gasteiger partial charge in [-0.25, -0.2) is 4.98 Å². The molecule has 1 aromatic heterocycles. The number of anilines is 1. The predicted molar refractivity (Wildman–Crippen MR) is 97.7 cm³/mol. The molecular weight excluding hydrogens is 320 g/mol. The van der Waals surface area contributed by atoms with E-state index in [9.17, 15) is 4.79 Å². The molecule has 0 aliphatic heterocycles. The Balaban J connectivity index is 1.68. The molecule has 24 heavy (non-hydrogen) atoms. The fourth-order valence-electron chi connectivity index (χ4n) is 2.20. The van der Waals surface area contributed by atoms with E-state index in [0.717, 1.165) is 17.0 Å². The molecule has 0 radical (unpaired) electrons. The molecule has 1 heterocycles. The normalized spacial score (nSPS) is 10.6. The maximum absolute atomic E-state index is 12.3. The van der Waals surface area contributed by atoms with Crippen molar-refractivity contribution in [3.63, 3.8) is 0 Å². The lowest BCUT2D eigenvalue weighted by Crippen LogP contribution is -2.12. The minimum atomic E-state index is -0.181. The minimum absolute atomic E-state index is 0.108. The van der Waals surface area contributed by atoms with E-state index in [1.165, 1.54) is 11.3 Å². The molecule has 2 aromatic carbocycles. The molecule has 1 N–H and O–H groups in total. The summed E-state index contributed by atoms with van der Waals surface area (Å²) >= 11 is 1.41. The lowest BCUT2D eigenvalue weighted by atomic mass is 10.2. The lowest BCUT2D eigenvalue weighted by Gasteiger charge is -2.09. The molecule has 0 saturated heterocycles. The van der Waals surface area contributed by atoms with E-state index >= 15 is 0 Å². The average molecular weight is 338 g/mol. The second-order valence-electron chi connectivity index (χ2n) is 5.55. The van der Waals surface area contributed by atoms with Crippen molar-refractivity contribution in [3.05, 3.63) is 65.5 Å². The minimum Gasteiger partial charge on any atom is -0.491 e. The summed E-state index contributed by atoms with van der Waals surface area (Å²) in [5, 5.41) is 5.36. The van der Waals surface area contributed by atoms with Crippen LogP contribution in [0.25, 0.3) is 11.3 Å². The lowest BCUT2D eigenvalue weighted by molar-refractivity contribution is 0.102. The first kappa shape index (κ1) is 16.2. The summed E-state index contributed by atoms with van der Waals surface area (Å²) in [4.78, 5) is 16.8. The van der Waals surface area contributed by atoms with Crippen LogP contribution in [0.1, 0.15) is 24.2 Å². The van der Waals surface area contributed by atoms with E-state index in [-0.39, 0.29) is 12.0 Å². The van der Waals surface area contributed by atoms with Gasteiger partial charge in [-0.1, -0.05) is 30.3 Å². The van der Waals surface area contributed by atoms with E-state index in [4.69, 9.17) is 4.74 Å². The van der Waals surface area contributed by atoms with Crippen molar-refractivity contribution in [2.75, 3.05) is 5.32 Å². The van der Waals surface area contributed by atoms with Gasteiger partial charge in [-0.15, -0.1) is 11.3 Å². The third-order valence-corrected chi connectivity index (χ3v) is 4.04. The Bertz CT molecular complexity index is 811. The van der Waals surface area contributed by atoms with Crippen LogP contribution >= 0.6 is 11.3 Å². The molecule has 0 atom stereocenters. The smallest absolute Gasteiger partial charge is 0.257 e. The number of ether oxygens (including phenoxy) is 1. The number of thiazole rings is 1. The van der Waals surface area contributed by atoms with Crippen LogP contribution < -0.4 is 10.1 Å². The van der Waals surface area contributed by atoms with Gasteiger partial charge in [-0.05, 0) is 38.1 Å². The van der Waals surface area contributed by atoms with E-state index in [1.807, 2.05) is 49.6 Å². The van der Waals surface area contributed by atoms with Crippen LogP contribution in [-0.4, -0.2) is 17.0 Å². The van der Waals surface area contributed by atoms with Crippen LogP contribution in [0.3, 0.4) is 0 Å². The van der Waals surface area contributed by atoms with Gasteiger partial charge in [-0.2, -0.15) is 0 Å². The Morgan fingerprint density at radius 2 is 1.79 bits per heavy atom. The van der Waals surface area contributed by atoms with Crippen LogP contribution in [0.5, 0.6) is 5.75 Å². The van der Waals surface area contributed by atoms with Crippen molar-refractivity contribution in [3.8, 4) is 17.0 Å². The molecule has 3 rings (SSSR count). The van der Waals surface area contributed by atoms with Crippen molar-refractivity contribution in [1.82, 2.24) is 4.98 Å². The zero-order valence-corrected chi connectivity index (χ0v) is 14.3. The first-order valence-electron chi connectivity index (χ1n) is 7.71. The predicted octanol–water partition coefficient (Wildman–Crippen LogP) is 4.85. The van der Waals surface area contributed by atoms with Crippen molar-refractivity contribution in [2.45, 2.75) is 20.0 Å². The molecular formula is C19H18N2O2S. The monoisotopic (exact) mass is 338 g/mol. The number of carbonyl (C=O) groups is 1. The highest BCUT2D eigenvalue weighted by molar-refractivity contribution is 7.14. The number of benzene rings is 2. The van der Waals surface area contributed by atoms with Gasteiger partial charge < -0.3 is 4.74 Å². The highest BCUT2D eigenvalue weighted by atomic mass is 32.1. The summed E-state index contributed by atoms with van der Waals surface area (Å²) in [5.41, 5.74) is 2.46.